The molecule has 4 nitrogen and oxygen atoms in total. The molecule has 0 spiro atoms. The lowest BCUT2D eigenvalue weighted by Gasteiger charge is -2.33. The van der Waals surface area contributed by atoms with E-state index in [2.05, 4.69) is 288 Å². The average molecular weight is 911 g/mol. The molecule has 2 aliphatic rings. The van der Waals surface area contributed by atoms with E-state index in [1.165, 1.54) is 88.4 Å². The third-order valence-electron chi connectivity index (χ3n) is 14.4. The first-order chi connectivity index (χ1) is 35.2. The quantitative estimate of drug-likeness (QED) is 0.135. The van der Waals surface area contributed by atoms with Crippen molar-refractivity contribution in [1.82, 2.24) is 10.6 Å². The Bertz CT molecular complexity index is 3720. The summed E-state index contributed by atoms with van der Waals surface area (Å²) in [6.45, 7) is 0. The highest BCUT2D eigenvalue weighted by Crippen LogP contribution is 2.47. The number of benzene rings is 11. The molecule has 11 aromatic rings. The van der Waals surface area contributed by atoms with Crippen LogP contribution in [0, 0.1) is 0 Å². The largest absolute Gasteiger partial charge is 0.366 e. The van der Waals surface area contributed by atoms with Crippen LogP contribution in [0.1, 0.15) is 40.6 Å². The number of nitrogens with zero attached hydrogens (tertiary/aromatic N) is 1. The van der Waals surface area contributed by atoms with Crippen molar-refractivity contribution in [3.05, 3.63) is 289 Å². The predicted molar refractivity (Wildman–Crippen MR) is 297 cm³/mol. The Labute approximate surface area is 415 Å². The third kappa shape index (κ3) is 7.91. The molecule has 0 bridgehead atoms. The van der Waals surface area contributed by atoms with Crippen molar-refractivity contribution in [3.63, 3.8) is 0 Å². The van der Waals surface area contributed by atoms with E-state index >= 15 is 0 Å². The lowest BCUT2D eigenvalue weighted by molar-refractivity contribution is 0.443. The Hall–Kier alpha value is -8.96. The van der Waals surface area contributed by atoms with Crippen LogP contribution in [0.15, 0.2) is 267 Å². The number of para-hydroxylation sites is 3. The number of rotatable bonds is 9. The molecule has 0 fully saturated rings. The number of hydrogen-bond acceptors (Lipinski definition) is 4. The van der Waals surface area contributed by atoms with Crippen LogP contribution in [0.2, 0.25) is 0 Å². The standard InChI is InChI=1S/C67H50N4/c1-4-16-45(17-5-1)46-28-34-49(35-29-46)63-44-64(69-66(68-63)51-18-6-2-7-19-51)50-36-30-47(31-37-50)54-40-42-60(58-24-12-10-22-56(54)58)61-43-41-55(57-23-11-13-25-59(57)61)48-32-38-52(39-33-48)67-70-62-26-14-15-27-65(62)71(67)53-20-8-3-9-21-53/h1-44,63,66-70H. The average Bonchev–Trinajstić information content (AvgIpc) is 3.85. The van der Waals surface area contributed by atoms with Crippen molar-refractivity contribution in [1.29, 1.82) is 0 Å². The van der Waals surface area contributed by atoms with Crippen LogP contribution in [0.4, 0.5) is 17.1 Å². The van der Waals surface area contributed by atoms with Gasteiger partial charge >= 0.3 is 0 Å². The van der Waals surface area contributed by atoms with Crippen LogP contribution in [-0.4, -0.2) is 0 Å². The van der Waals surface area contributed by atoms with E-state index in [1.807, 2.05) is 0 Å². The van der Waals surface area contributed by atoms with Gasteiger partial charge in [0.25, 0.3) is 0 Å². The maximum Gasteiger partial charge on any atom is 0.130 e. The highest BCUT2D eigenvalue weighted by Gasteiger charge is 2.31. The molecule has 13 rings (SSSR count). The zero-order valence-electron chi connectivity index (χ0n) is 39.1. The van der Waals surface area contributed by atoms with Crippen LogP contribution >= 0.6 is 0 Å². The first-order valence-corrected chi connectivity index (χ1v) is 24.6. The molecule has 0 amide bonds. The summed E-state index contributed by atoms with van der Waals surface area (Å²) in [5.74, 6) is 0. The molecular weight excluding hydrogens is 861 g/mol. The number of hydrogen-bond donors (Lipinski definition) is 3. The van der Waals surface area contributed by atoms with E-state index in [4.69, 9.17) is 0 Å². The molecule has 2 heterocycles. The van der Waals surface area contributed by atoms with Gasteiger partial charge in [0, 0.05) is 11.4 Å². The zero-order chi connectivity index (χ0) is 47.1. The van der Waals surface area contributed by atoms with Crippen molar-refractivity contribution in [2.75, 3.05) is 10.2 Å². The number of nitrogens with one attached hydrogen (secondary N) is 3. The van der Waals surface area contributed by atoms with Crippen molar-refractivity contribution >= 4 is 44.3 Å². The highest BCUT2D eigenvalue weighted by molar-refractivity contribution is 6.12. The Kier molecular flexibility index (Phi) is 10.8. The predicted octanol–water partition coefficient (Wildman–Crippen LogP) is 16.9. The normalized spacial score (nSPS) is 16.3. The number of fused-ring (bicyclic) bond motifs is 3. The Morgan fingerprint density at radius 2 is 0.761 bits per heavy atom. The Morgan fingerprint density at radius 1 is 0.310 bits per heavy atom. The van der Waals surface area contributed by atoms with Gasteiger partial charge in [0.2, 0.25) is 0 Å². The summed E-state index contributed by atoms with van der Waals surface area (Å²) in [6.07, 6.45) is 2.26. The summed E-state index contributed by atoms with van der Waals surface area (Å²) in [5, 5.41) is 16.4. The van der Waals surface area contributed by atoms with Gasteiger partial charge in [0.1, 0.15) is 12.3 Å². The van der Waals surface area contributed by atoms with E-state index < -0.39 is 0 Å². The first-order valence-electron chi connectivity index (χ1n) is 24.6. The molecule has 4 heteroatoms. The second-order valence-electron chi connectivity index (χ2n) is 18.6. The molecule has 338 valence electrons. The fourth-order valence-corrected chi connectivity index (χ4v) is 10.9. The molecule has 0 saturated heterocycles. The van der Waals surface area contributed by atoms with Gasteiger partial charge in [0.05, 0.1) is 17.4 Å². The van der Waals surface area contributed by atoms with Crippen molar-refractivity contribution < 1.29 is 0 Å². The summed E-state index contributed by atoms with van der Waals surface area (Å²) >= 11 is 0. The zero-order valence-corrected chi connectivity index (χ0v) is 39.1. The molecule has 3 atom stereocenters. The van der Waals surface area contributed by atoms with Gasteiger partial charge in [-0.05, 0) is 119 Å². The van der Waals surface area contributed by atoms with Gasteiger partial charge in [-0.2, -0.15) is 0 Å². The van der Waals surface area contributed by atoms with Crippen LogP contribution < -0.4 is 20.9 Å². The van der Waals surface area contributed by atoms with E-state index in [9.17, 15) is 0 Å². The highest BCUT2D eigenvalue weighted by atomic mass is 15.3. The lowest BCUT2D eigenvalue weighted by Crippen LogP contribution is -2.39. The molecule has 0 aliphatic carbocycles. The van der Waals surface area contributed by atoms with Crippen LogP contribution in [0.3, 0.4) is 0 Å². The second-order valence-corrected chi connectivity index (χ2v) is 18.6. The minimum absolute atomic E-state index is 0.0172. The first kappa shape index (κ1) is 42.2. The monoisotopic (exact) mass is 910 g/mol. The summed E-state index contributed by atoms with van der Waals surface area (Å²) in [6, 6.07) is 94.6. The topological polar surface area (TPSA) is 39.3 Å². The summed E-state index contributed by atoms with van der Waals surface area (Å²) < 4.78 is 0. The Balaban J connectivity index is 0.805. The van der Waals surface area contributed by atoms with Gasteiger partial charge in [-0.3, -0.25) is 5.32 Å². The lowest BCUT2D eigenvalue weighted by atomic mass is 9.87. The number of anilines is 3. The third-order valence-corrected chi connectivity index (χ3v) is 14.4. The van der Waals surface area contributed by atoms with Gasteiger partial charge in [-0.25, -0.2) is 0 Å². The summed E-state index contributed by atoms with van der Waals surface area (Å²) in [4.78, 5) is 2.40. The van der Waals surface area contributed by atoms with E-state index in [1.54, 1.807) is 0 Å². The minimum atomic E-state index is -0.0540. The molecule has 0 radical (unpaired) electrons. The van der Waals surface area contributed by atoms with Crippen LogP contribution in [0.25, 0.3) is 71.7 Å². The Morgan fingerprint density at radius 3 is 1.38 bits per heavy atom. The maximum absolute atomic E-state index is 3.87. The second kappa shape index (κ2) is 18.2. The molecule has 3 unspecified atom stereocenters. The molecular formula is C67H50N4. The molecule has 71 heavy (non-hydrogen) atoms. The van der Waals surface area contributed by atoms with Gasteiger partial charge in [0.15, 0.2) is 0 Å². The van der Waals surface area contributed by atoms with E-state index in [-0.39, 0.29) is 18.4 Å². The van der Waals surface area contributed by atoms with Gasteiger partial charge < -0.3 is 15.5 Å². The van der Waals surface area contributed by atoms with E-state index in [0.29, 0.717) is 0 Å². The van der Waals surface area contributed by atoms with E-state index in [0.717, 1.165) is 22.6 Å². The fourth-order valence-electron chi connectivity index (χ4n) is 10.9. The SMILES string of the molecule is C1=C(c2ccc(-c3ccc(-c4ccc(-c5ccc(C6Nc7ccccc7N6c6ccccc6)cc5)c5ccccc45)c4ccccc34)cc2)NC(c2ccccc2)NC1c1ccc(-c2ccccc2)cc1. The molecule has 0 saturated carbocycles. The molecule has 11 aromatic carbocycles. The van der Waals surface area contributed by atoms with Crippen molar-refractivity contribution in [3.8, 4) is 44.5 Å². The van der Waals surface area contributed by atoms with Crippen molar-refractivity contribution in [2.45, 2.75) is 18.4 Å². The van der Waals surface area contributed by atoms with Gasteiger partial charge in [-0.1, -0.05) is 237 Å². The molecule has 3 N–H and O–H groups in total. The smallest absolute Gasteiger partial charge is 0.130 e. The van der Waals surface area contributed by atoms with Crippen LogP contribution in [-0.2, 0) is 0 Å². The summed E-state index contributed by atoms with van der Waals surface area (Å²) in [7, 11) is 0. The van der Waals surface area contributed by atoms with Crippen molar-refractivity contribution in [2.24, 2.45) is 0 Å². The fraction of sp³-hybridized carbons (Fsp3) is 0.0448. The molecule has 0 aromatic heterocycles. The minimum Gasteiger partial charge on any atom is -0.366 e. The van der Waals surface area contributed by atoms with Gasteiger partial charge in [-0.15, -0.1) is 0 Å². The summed E-state index contributed by atoms with van der Waals surface area (Å²) in [5.41, 5.74) is 19.1. The van der Waals surface area contributed by atoms with Crippen LogP contribution in [0.5, 0.6) is 0 Å². The molecule has 2 aliphatic heterocycles. The maximum atomic E-state index is 3.87.